The van der Waals surface area contributed by atoms with Crippen LogP contribution >= 0.6 is 0 Å². The van der Waals surface area contributed by atoms with Crippen molar-refractivity contribution in [3.05, 3.63) is 0 Å². The highest BCUT2D eigenvalue weighted by molar-refractivity contribution is 6.00. The van der Waals surface area contributed by atoms with E-state index < -0.39 is 47.4 Å². The van der Waals surface area contributed by atoms with Crippen LogP contribution in [0.1, 0.15) is 53.9 Å². The van der Waals surface area contributed by atoms with Crippen LogP contribution in [0.15, 0.2) is 0 Å². The van der Waals surface area contributed by atoms with Crippen molar-refractivity contribution in [1.29, 1.82) is 0 Å². The van der Waals surface area contributed by atoms with E-state index in [0.717, 1.165) is 0 Å². The molecule has 0 aliphatic carbocycles. The predicted molar refractivity (Wildman–Crippen MR) is 166 cm³/mol. The Hall–Kier alpha value is -1.67. The molecule has 3 saturated heterocycles. The van der Waals surface area contributed by atoms with Gasteiger partial charge in [-0.25, -0.2) is 0 Å². The number of aliphatic hydroxyl groups is 1. The van der Waals surface area contributed by atoms with Gasteiger partial charge in [-0.2, -0.15) is 0 Å². The smallest absolute Gasteiger partial charge is 0.316 e. The van der Waals surface area contributed by atoms with Crippen LogP contribution in [0.3, 0.4) is 0 Å². The minimum atomic E-state index is -1.05. The van der Waals surface area contributed by atoms with Crippen LogP contribution in [0.4, 0.5) is 0 Å². The summed E-state index contributed by atoms with van der Waals surface area (Å²) in [6.45, 7) is 11.3. The second-order valence-corrected chi connectivity index (χ2v) is 14.4. The van der Waals surface area contributed by atoms with Gasteiger partial charge in [0, 0.05) is 38.7 Å². The van der Waals surface area contributed by atoms with Crippen LogP contribution in [0.25, 0.3) is 0 Å². The minimum absolute atomic E-state index is 0.0322. The number of likely N-dealkylation sites (tertiary alicyclic amines) is 1. The summed E-state index contributed by atoms with van der Waals surface area (Å²) in [6, 6.07) is -0.188. The lowest BCUT2D eigenvalue weighted by Gasteiger charge is -2.47. The van der Waals surface area contributed by atoms with Crippen molar-refractivity contribution in [2.75, 3.05) is 75.1 Å². The molecule has 0 saturated carbocycles. The summed E-state index contributed by atoms with van der Waals surface area (Å²) in [4.78, 5) is 48.1. The van der Waals surface area contributed by atoms with Gasteiger partial charge in [-0.05, 0) is 81.2 Å². The maximum absolute atomic E-state index is 13.9. The number of carbonyl (C=O) groups is 3. The monoisotopic (exact) mass is 626 g/mol. The van der Waals surface area contributed by atoms with E-state index >= 15 is 0 Å². The fourth-order valence-corrected chi connectivity index (χ4v) is 7.29. The first-order valence-corrected chi connectivity index (χ1v) is 16.0. The number of carbonyl (C=O) groups excluding carboxylic acids is 3. The van der Waals surface area contributed by atoms with Gasteiger partial charge in [0.2, 0.25) is 5.91 Å². The lowest BCUT2D eigenvalue weighted by atomic mass is 9.78. The number of esters is 1. The van der Waals surface area contributed by atoms with E-state index in [9.17, 15) is 19.5 Å². The second kappa shape index (κ2) is 14.8. The summed E-state index contributed by atoms with van der Waals surface area (Å²) in [5, 5.41) is 11.3. The Labute approximate surface area is 264 Å². The van der Waals surface area contributed by atoms with E-state index in [2.05, 4.69) is 11.8 Å². The number of likely N-dealkylation sites (N-methyl/N-ethyl adjacent to an activating group) is 3. The fourth-order valence-electron chi connectivity index (χ4n) is 7.29. The van der Waals surface area contributed by atoms with E-state index in [4.69, 9.17) is 18.9 Å². The van der Waals surface area contributed by atoms with Gasteiger partial charge in [0.25, 0.3) is 0 Å². The average Bonchev–Trinajstić information content (AvgIpc) is 3.40. The molecular weight excluding hydrogens is 568 g/mol. The molecule has 3 aliphatic rings. The summed E-state index contributed by atoms with van der Waals surface area (Å²) < 4.78 is 24.7. The molecule has 0 aromatic heterocycles. The Morgan fingerprint density at radius 3 is 2.39 bits per heavy atom. The van der Waals surface area contributed by atoms with Gasteiger partial charge in [0.15, 0.2) is 12.1 Å². The second-order valence-electron chi connectivity index (χ2n) is 14.4. The maximum Gasteiger partial charge on any atom is 0.316 e. The molecule has 0 radical (unpaired) electrons. The number of cyclic esters (lactones) is 1. The van der Waals surface area contributed by atoms with Crippen molar-refractivity contribution in [2.24, 2.45) is 17.8 Å². The molecule has 3 fully saturated rings. The number of ether oxygens (including phenoxy) is 4. The third kappa shape index (κ3) is 8.18. The number of rotatable bonds is 6. The quantitative estimate of drug-likeness (QED) is 0.337. The third-order valence-electron chi connectivity index (χ3n) is 10.1. The van der Waals surface area contributed by atoms with Crippen molar-refractivity contribution in [1.82, 2.24) is 19.6 Å². The Bertz CT molecular complexity index is 1010. The molecular formula is C32H58N4O8. The van der Waals surface area contributed by atoms with Crippen LogP contribution in [0.5, 0.6) is 0 Å². The van der Waals surface area contributed by atoms with E-state index in [1.54, 1.807) is 21.0 Å². The molecule has 12 heteroatoms. The highest BCUT2D eigenvalue weighted by Gasteiger charge is 2.50. The first-order valence-electron chi connectivity index (χ1n) is 16.0. The Balaban J connectivity index is 1.95. The summed E-state index contributed by atoms with van der Waals surface area (Å²) in [5.41, 5.74) is -1.54. The number of hydrogen-bond acceptors (Lipinski definition) is 11. The maximum atomic E-state index is 13.9. The zero-order valence-electron chi connectivity index (χ0n) is 28.9. The number of nitrogens with zero attached hydrogens (tertiary/aromatic N) is 4. The van der Waals surface area contributed by atoms with Crippen molar-refractivity contribution < 1.29 is 38.4 Å². The molecule has 44 heavy (non-hydrogen) atoms. The summed E-state index contributed by atoms with van der Waals surface area (Å²) in [7, 11) is 11.2. The van der Waals surface area contributed by atoms with Gasteiger partial charge in [0.1, 0.15) is 18.6 Å². The normalized spacial score (nSPS) is 40.2. The largest absolute Gasteiger partial charge is 0.463 e. The Kier molecular flexibility index (Phi) is 12.4. The SMILES string of the molecule is CO[C@]1(C)C[C@@H](C)CN(C)C2(CCN(C(=O)CN(C)C)C2)COC(=O)[C@H](C)C(=O)[C@H](C)[C@H]1O[C@@H]1O[C@H](C)C[C@H](N(C)C)[C@H]1O. The molecule has 254 valence electrons. The molecule has 3 rings (SSSR count). The topological polar surface area (TPSA) is 121 Å². The standard InChI is InChI=1S/C32H58N4O8/c1-20-15-31(5,41-11)28(44-30-27(39)24(34(8)9)14-21(2)43-30)22(3)26(38)23(4)29(40)42-19-32(35(10)16-20)12-13-36(18-32)25(37)17-33(6)7/h20-24,27-28,30,39H,12-19H2,1-11H3/t20-,21-,22+,23-,24+,27-,28-,30+,31-,32?/m1/s1. The van der Waals surface area contributed by atoms with Gasteiger partial charge >= 0.3 is 5.97 Å². The number of aliphatic hydroxyl groups excluding tert-OH is 1. The fraction of sp³-hybridized carbons (Fsp3) is 0.906. The van der Waals surface area contributed by atoms with Gasteiger partial charge in [0.05, 0.1) is 29.9 Å². The predicted octanol–water partition coefficient (Wildman–Crippen LogP) is 1.09. The van der Waals surface area contributed by atoms with Gasteiger partial charge in [-0.1, -0.05) is 13.8 Å². The number of amides is 1. The Morgan fingerprint density at radius 2 is 1.80 bits per heavy atom. The zero-order chi connectivity index (χ0) is 33.1. The van der Waals surface area contributed by atoms with Crippen LogP contribution in [0, 0.1) is 17.8 Å². The third-order valence-corrected chi connectivity index (χ3v) is 10.1. The summed E-state index contributed by atoms with van der Waals surface area (Å²) >= 11 is 0. The van der Waals surface area contributed by atoms with Crippen LogP contribution in [-0.4, -0.2) is 159 Å². The number of Topliss-reactive ketones (excluding diaryl/α,β-unsaturated/α-hetero) is 1. The van der Waals surface area contributed by atoms with Crippen molar-refractivity contribution in [3.8, 4) is 0 Å². The Morgan fingerprint density at radius 1 is 1.14 bits per heavy atom. The van der Waals surface area contributed by atoms with E-state index in [-0.39, 0.29) is 36.4 Å². The molecule has 1 N–H and O–H groups in total. The van der Waals surface area contributed by atoms with Crippen molar-refractivity contribution in [3.63, 3.8) is 0 Å². The lowest BCUT2D eigenvalue weighted by molar-refractivity contribution is -0.295. The molecule has 12 nitrogen and oxygen atoms in total. The van der Waals surface area contributed by atoms with E-state index in [1.165, 1.54) is 0 Å². The number of ketones is 1. The number of methoxy groups -OCH3 is 1. The summed E-state index contributed by atoms with van der Waals surface area (Å²) in [5.74, 6) is -2.64. The highest BCUT2D eigenvalue weighted by Crippen LogP contribution is 2.37. The van der Waals surface area contributed by atoms with Gasteiger partial charge in [-0.15, -0.1) is 0 Å². The molecule has 1 spiro atoms. The molecule has 0 bridgehead atoms. The van der Waals surface area contributed by atoms with E-state index in [1.807, 2.05) is 63.8 Å². The molecule has 1 unspecified atom stereocenters. The molecule has 10 atom stereocenters. The van der Waals surface area contributed by atoms with Crippen LogP contribution in [0.2, 0.25) is 0 Å². The lowest BCUT2D eigenvalue weighted by Crippen LogP contribution is -2.59. The van der Waals surface area contributed by atoms with E-state index in [0.29, 0.717) is 45.4 Å². The summed E-state index contributed by atoms with van der Waals surface area (Å²) in [6.07, 6.45) is -1.09. The van der Waals surface area contributed by atoms with Crippen LogP contribution < -0.4 is 0 Å². The molecule has 3 aliphatic heterocycles. The molecule has 0 aromatic carbocycles. The van der Waals surface area contributed by atoms with Crippen molar-refractivity contribution >= 4 is 17.7 Å². The van der Waals surface area contributed by atoms with Gasteiger partial charge < -0.3 is 38.8 Å². The first-order chi connectivity index (χ1) is 20.4. The average molecular weight is 627 g/mol. The van der Waals surface area contributed by atoms with Crippen LogP contribution in [-0.2, 0) is 33.3 Å². The highest BCUT2D eigenvalue weighted by atomic mass is 16.7. The first kappa shape index (κ1) is 36.8. The van der Waals surface area contributed by atoms with Crippen molar-refractivity contribution in [2.45, 2.75) is 95.7 Å². The molecule has 0 aromatic rings. The zero-order valence-corrected chi connectivity index (χ0v) is 28.9. The molecule has 3 heterocycles. The molecule has 1 amide bonds. The minimum Gasteiger partial charge on any atom is -0.463 e. The van der Waals surface area contributed by atoms with Gasteiger partial charge in [-0.3, -0.25) is 19.3 Å². The number of hydrogen-bond donors (Lipinski definition) is 1.